The van der Waals surface area contributed by atoms with Crippen molar-refractivity contribution >= 4 is 17.4 Å². The van der Waals surface area contributed by atoms with Crippen molar-refractivity contribution in [1.82, 2.24) is 0 Å². The summed E-state index contributed by atoms with van der Waals surface area (Å²) in [6.07, 6.45) is 0. The second kappa shape index (κ2) is 6.08. The topological polar surface area (TPSA) is 76.2 Å². The Hall–Kier alpha value is -2.52. The van der Waals surface area contributed by atoms with Crippen LogP contribution in [0.15, 0.2) is 52.3 Å². The van der Waals surface area contributed by atoms with Crippen LogP contribution in [0.25, 0.3) is 0 Å². The third-order valence-electron chi connectivity index (χ3n) is 2.57. The number of rotatable bonds is 4. The summed E-state index contributed by atoms with van der Waals surface area (Å²) in [6.45, 7) is 0. The second-order valence-corrected chi connectivity index (χ2v) is 4.98. The zero-order valence-corrected chi connectivity index (χ0v) is 11.4. The molecule has 0 aliphatic carbocycles. The Morgan fingerprint density at radius 3 is 2.40 bits per heavy atom. The Morgan fingerprint density at radius 2 is 1.85 bits per heavy atom. The molecule has 20 heavy (non-hydrogen) atoms. The summed E-state index contributed by atoms with van der Waals surface area (Å²) in [7, 11) is 1.40. The zero-order valence-electron chi connectivity index (χ0n) is 10.6. The fourth-order valence-electron chi connectivity index (χ4n) is 1.61. The normalized spacial score (nSPS) is 9.80. The molecule has 0 saturated heterocycles. The van der Waals surface area contributed by atoms with E-state index in [9.17, 15) is 10.1 Å². The number of ether oxygens (including phenoxy) is 1. The van der Waals surface area contributed by atoms with Crippen molar-refractivity contribution in [3.8, 4) is 11.8 Å². The van der Waals surface area contributed by atoms with Crippen molar-refractivity contribution in [2.75, 3.05) is 7.11 Å². The van der Waals surface area contributed by atoms with Gasteiger partial charge in [-0.05, 0) is 30.3 Å². The van der Waals surface area contributed by atoms with E-state index in [4.69, 9.17) is 10.00 Å². The van der Waals surface area contributed by atoms with Gasteiger partial charge in [-0.2, -0.15) is 5.26 Å². The lowest BCUT2D eigenvalue weighted by Crippen LogP contribution is -1.93. The molecule has 100 valence electrons. The van der Waals surface area contributed by atoms with Crippen LogP contribution in [0.3, 0.4) is 0 Å². The predicted octanol–water partition coefficient (Wildman–Crippen LogP) is 3.63. The van der Waals surface area contributed by atoms with E-state index in [0.29, 0.717) is 5.56 Å². The smallest absolute Gasteiger partial charge is 0.310 e. The van der Waals surface area contributed by atoms with E-state index >= 15 is 0 Å². The Morgan fingerprint density at radius 1 is 1.20 bits per heavy atom. The Bertz CT molecular complexity index is 678. The Labute approximate surface area is 120 Å². The summed E-state index contributed by atoms with van der Waals surface area (Å²) in [4.78, 5) is 12.1. The number of hydrogen-bond acceptors (Lipinski definition) is 5. The van der Waals surface area contributed by atoms with Gasteiger partial charge in [0.25, 0.3) is 0 Å². The van der Waals surface area contributed by atoms with Crippen LogP contribution in [0, 0.1) is 21.4 Å². The maximum atomic E-state index is 10.8. The summed E-state index contributed by atoms with van der Waals surface area (Å²) < 4.78 is 5.02. The average molecular weight is 286 g/mol. The fraction of sp³-hybridized carbons (Fsp3) is 0.0714. The first-order valence-electron chi connectivity index (χ1n) is 5.64. The molecule has 6 heteroatoms. The van der Waals surface area contributed by atoms with Gasteiger partial charge in [-0.1, -0.05) is 11.8 Å². The first kappa shape index (κ1) is 13.9. The molecule has 0 saturated carbocycles. The van der Waals surface area contributed by atoms with Gasteiger partial charge in [-0.3, -0.25) is 10.1 Å². The van der Waals surface area contributed by atoms with E-state index < -0.39 is 4.92 Å². The molecule has 2 aromatic rings. The van der Waals surface area contributed by atoms with Gasteiger partial charge in [0.15, 0.2) is 5.75 Å². The van der Waals surface area contributed by atoms with Gasteiger partial charge in [0.1, 0.15) is 0 Å². The lowest BCUT2D eigenvalue weighted by atomic mass is 10.2. The Kier molecular flexibility index (Phi) is 4.23. The van der Waals surface area contributed by atoms with Crippen molar-refractivity contribution in [2.45, 2.75) is 9.79 Å². The number of nitro groups is 1. The summed E-state index contributed by atoms with van der Waals surface area (Å²) in [5.74, 6) is 0.230. The Balaban J connectivity index is 2.25. The molecule has 0 heterocycles. The fourth-order valence-corrected chi connectivity index (χ4v) is 2.45. The maximum absolute atomic E-state index is 10.8. The van der Waals surface area contributed by atoms with Gasteiger partial charge < -0.3 is 4.74 Å². The highest BCUT2D eigenvalue weighted by Gasteiger charge is 2.14. The summed E-state index contributed by atoms with van der Waals surface area (Å²) in [6, 6.07) is 13.9. The van der Waals surface area contributed by atoms with Gasteiger partial charge in [-0.25, -0.2) is 0 Å². The standard InChI is InChI=1S/C14H10N2O3S/c1-19-14-8-12(6-7-13(14)16(17)18)20-11-4-2-10(9-15)3-5-11/h2-8H,1H3. The highest BCUT2D eigenvalue weighted by atomic mass is 32.2. The van der Waals surface area contributed by atoms with E-state index in [1.165, 1.54) is 24.9 Å². The molecule has 0 unspecified atom stereocenters. The molecule has 0 radical (unpaired) electrons. The van der Waals surface area contributed by atoms with Crippen LogP contribution in [-0.2, 0) is 0 Å². The third kappa shape index (κ3) is 3.08. The maximum Gasteiger partial charge on any atom is 0.310 e. The number of benzene rings is 2. The van der Waals surface area contributed by atoms with Crippen LogP contribution in [0.1, 0.15) is 5.56 Å². The van der Waals surface area contributed by atoms with E-state index in [-0.39, 0.29) is 11.4 Å². The van der Waals surface area contributed by atoms with E-state index in [0.717, 1.165) is 9.79 Å². The lowest BCUT2D eigenvalue weighted by molar-refractivity contribution is -0.385. The van der Waals surface area contributed by atoms with Crippen molar-refractivity contribution in [3.63, 3.8) is 0 Å². The second-order valence-electron chi connectivity index (χ2n) is 3.83. The van der Waals surface area contributed by atoms with Crippen molar-refractivity contribution < 1.29 is 9.66 Å². The van der Waals surface area contributed by atoms with Gasteiger partial charge in [0, 0.05) is 21.9 Å². The molecule has 2 aromatic carbocycles. The van der Waals surface area contributed by atoms with Crippen LogP contribution >= 0.6 is 11.8 Å². The van der Waals surface area contributed by atoms with Crippen LogP contribution in [0.5, 0.6) is 5.75 Å². The van der Waals surface area contributed by atoms with Crippen molar-refractivity contribution in [2.24, 2.45) is 0 Å². The molecule has 5 nitrogen and oxygen atoms in total. The summed E-state index contributed by atoms with van der Waals surface area (Å²) in [5.41, 5.74) is 0.535. The lowest BCUT2D eigenvalue weighted by Gasteiger charge is -2.05. The number of nitro benzene ring substituents is 1. The van der Waals surface area contributed by atoms with Crippen molar-refractivity contribution in [3.05, 3.63) is 58.1 Å². The van der Waals surface area contributed by atoms with Gasteiger partial charge >= 0.3 is 5.69 Å². The monoisotopic (exact) mass is 286 g/mol. The number of hydrogen-bond donors (Lipinski definition) is 0. The molecule has 0 atom stereocenters. The molecule has 0 bridgehead atoms. The number of methoxy groups -OCH3 is 1. The highest BCUT2D eigenvalue weighted by molar-refractivity contribution is 7.99. The van der Waals surface area contributed by atoms with E-state index in [1.807, 2.05) is 12.1 Å². The molecule has 0 amide bonds. The predicted molar refractivity (Wildman–Crippen MR) is 74.9 cm³/mol. The minimum atomic E-state index is -0.477. The molecule has 0 aliphatic heterocycles. The van der Waals surface area contributed by atoms with Gasteiger partial charge in [0.05, 0.1) is 23.7 Å². The van der Waals surface area contributed by atoms with E-state index in [2.05, 4.69) is 6.07 Å². The van der Waals surface area contributed by atoms with Crippen LogP contribution < -0.4 is 4.74 Å². The molecule has 0 N–H and O–H groups in total. The summed E-state index contributed by atoms with van der Waals surface area (Å²) in [5, 5.41) is 19.5. The van der Waals surface area contributed by atoms with Crippen molar-refractivity contribution in [1.29, 1.82) is 5.26 Å². The molecule has 0 aliphatic rings. The van der Waals surface area contributed by atoms with Crippen LogP contribution in [0.2, 0.25) is 0 Å². The number of nitriles is 1. The molecule has 0 fully saturated rings. The van der Waals surface area contributed by atoms with Crippen LogP contribution in [-0.4, -0.2) is 12.0 Å². The average Bonchev–Trinajstić information content (AvgIpc) is 2.47. The van der Waals surface area contributed by atoms with Crippen LogP contribution in [0.4, 0.5) is 5.69 Å². The van der Waals surface area contributed by atoms with E-state index in [1.54, 1.807) is 24.3 Å². The molecule has 2 rings (SSSR count). The zero-order chi connectivity index (χ0) is 14.5. The SMILES string of the molecule is COc1cc(Sc2ccc(C#N)cc2)ccc1[N+](=O)[O-]. The first-order chi connectivity index (χ1) is 9.63. The third-order valence-corrected chi connectivity index (χ3v) is 3.56. The molecular formula is C14H10N2O3S. The van der Waals surface area contributed by atoms with Gasteiger partial charge in [0.2, 0.25) is 0 Å². The quantitative estimate of drug-likeness (QED) is 0.633. The number of nitrogens with zero attached hydrogens (tertiary/aromatic N) is 2. The molecule has 0 aromatic heterocycles. The first-order valence-corrected chi connectivity index (χ1v) is 6.46. The van der Waals surface area contributed by atoms with Gasteiger partial charge in [-0.15, -0.1) is 0 Å². The largest absolute Gasteiger partial charge is 0.490 e. The molecule has 0 spiro atoms. The minimum Gasteiger partial charge on any atom is -0.490 e. The molecular weight excluding hydrogens is 276 g/mol. The highest BCUT2D eigenvalue weighted by Crippen LogP contribution is 2.35. The summed E-state index contributed by atoms with van der Waals surface area (Å²) >= 11 is 1.44. The minimum absolute atomic E-state index is 0.0586.